The SMILES string of the molecule is CCC(CNC(=O)C1CCNC1)N1CCc2ccccc2C1. The highest BCUT2D eigenvalue weighted by Crippen LogP contribution is 2.21. The molecule has 4 heteroatoms. The number of amides is 1. The molecule has 1 aromatic carbocycles. The molecule has 2 unspecified atom stereocenters. The number of hydrogen-bond donors (Lipinski definition) is 2. The molecule has 2 heterocycles. The van der Waals surface area contributed by atoms with E-state index >= 15 is 0 Å². The second-order valence-electron chi connectivity index (χ2n) is 6.49. The van der Waals surface area contributed by atoms with Crippen LogP contribution in [0.3, 0.4) is 0 Å². The average molecular weight is 301 g/mol. The van der Waals surface area contributed by atoms with E-state index in [-0.39, 0.29) is 11.8 Å². The third-order valence-corrected chi connectivity index (χ3v) is 5.09. The first-order valence-corrected chi connectivity index (χ1v) is 8.57. The van der Waals surface area contributed by atoms with Gasteiger partial charge in [-0.1, -0.05) is 31.2 Å². The van der Waals surface area contributed by atoms with Gasteiger partial charge in [0, 0.05) is 32.2 Å². The van der Waals surface area contributed by atoms with Crippen LogP contribution in [0.5, 0.6) is 0 Å². The largest absolute Gasteiger partial charge is 0.354 e. The van der Waals surface area contributed by atoms with E-state index in [4.69, 9.17) is 0 Å². The zero-order valence-corrected chi connectivity index (χ0v) is 13.5. The Morgan fingerprint density at radius 2 is 2.23 bits per heavy atom. The van der Waals surface area contributed by atoms with Crippen LogP contribution in [-0.4, -0.2) is 43.0 Å². The van der Waals surface area contributed by atoms with E-state index < -0.39 is 0 Å². The minimum absolute atomic E-state index is 0.166. The molecule has 0 aliphatic carbocycles. The van der Waals surface area contributed by atoms with E-state index in [9.17, 15) is 4.79 Å². The van der Waals surface area contributed by atoms with Gasteiger partial charge in [0.2, 0.25) is 5.91 Å². The van der Waals surface area contributed by atoms with Crippen molar-refractivity contribution < 1.29 is 4.79 Å². The zero-order valence-electron chi connectivity index (χ0n) is 13.5. The molecule has 3 rings (SSSR count). The van der Waals surface area contributed by atoms with Crippen molar-refractivity contribution in [1.29, 1.82) is 0 Å². The van der Waals surface area contributed by atoms with Crippen LogP contribution in [-0.2, 0) is 17.8 Å². The van der Waals surface area contributed by atoms with E-state index in [0.29, 0.717) is 6.04 Å². The summed E-state index contributed by atoms with van der Waals surface area (Å²) in [6.45, 7) is 6.90. The summed E-state index contributed by atoms with van der Waals surface area (Å²) in [7, 11) is 0. The fraction of sp³-hybridized carbons (Fsp3) is 0.611. The maximum Gasteiger partial charge on any atom is 0.224 e. The molecule has 0 bridgehead atoms. The smallest absolute Gasteiger partial charge is 0.224 e. The molecule has 1 amide bonds. The van der Waals surface area contributed by atoms with Crippen LogP contribution in [0.4, 0.5) is 0 Å². The Hall–Kier alpha value is -1.39. The van der Waals surface area contributed by atoms with Gasteiger partial charge in [-0.2, -0.15) is 0 Å². The Bertz CT molecular complexity index is 511. The number of rotatable bonds is 5. The van der Waals surface area contributed by atoms with Crippen molar-refractivity contribution in [3.63, 3.8) is 0 Å². The number of carbonyl (C=O) groups excluding carboxylic acids is 1. The minimum atomic E-state index is 0.166. The van der Waals surface area contributed by atoms with E-state index in [1.807, 2.05) is 0 Å². The fourth-order valence-corrected chi connectivity index (χ4v) is 3.60. The van der Waals surface area contributed by atoms with Crippen LogP contribution >= 0.6 is 0 Å². The predicted molar refractivity (Wildman–Crippen MR) is 88.6 cm³/mol. The third kappa shape index (κ3) is 3.50. The van der Waals surface area contributed by atoms with Crippen LogP contribution in [0.15, 0.2) is 24.3 Å². The van der Waals surface area contributed by atoms with Crippen molar-refractivity contribution in [3.05, 3.63) is 35.4 Å². The first-order chi connectivity index (χ1) is 10.8. The molecule has 0 spiro atoms. The summed E-state index contributed by atoms with van der Waals surface area (Å²) in [5.41, 5.74) is 2.92. The van der Waals surface area contributed by atoms with Crippen molar-refractivity contribution in [2.45, 2.75) is 38.8 Å². The van der Waals surface area contributed by atoms with Crippen LogP contribution in [0.1, 0.15) is 30.9 Å². The van der Waals surface area contributed by atoms with Gasteiger partial charge in [-0.3, -0.25) is 9.69 Å². The van der Waals surface area contributed by atoms with Crippen LogP contribution < -0.4 is 10.6 Å². The van der Waals surface area contributed by atoms with Crippen LogP contribution in [0, 0.1) is 5.92 Å². The molecule has 1 fully saturated rings. The average Bonchev–Trinajstić information content (AvgIpc) is 3.09. The number of hydrogen-bond acceptors (Lipinski definition) is 3. The highest BCUT2D eigenvalue weighted by atomic mass is 16.1. The second kappa shape index (κ2) is 7.25. The van der Waals surface area contributed by atoms with E-state index in [2.05, 4.69) is 46.7 Å². The van der Waals surface area contributed by atoms with Crippen molar-refractivity contribution >= 4 is 5.91 Å². The summed E-state index contributed by atoms with van der Waals surface area (Å²) >= 11 is 0. The summed E-state index contributed by atoms with van der Waals surface area (Å²) in [6, 6.07) is 9.16. The fourth-order valence-electron chi connectivity index (χ4n) is 3.60. The second-order valence-corrected chi connectivity index (χ2v) is 6.49. The third-order valence-electron chi connectivity index (χ3n) is 5.09. The van der Waals surface area contributed by atoms with Gasteiger partial charge in [0.05, 0.1) is 5.92 Å². The van der Waals surface area contributed by atoms with Crippen molar-refractivity contribution in [1.82, 2.24) is 15.5 Å². The summed E-state index contributed by atoms with van der Waals surface area (Å²) in [4.78, 5) is 14.7. The Morgan fingerprint density at radius 3 is 2.95 bits per heavy atom. The molecule has 120 valence electrons. The number of nitrogens with zero attached hydrogens (tertiary/aromatic N) is 1. The molecule has 2 atom stereocenters. The molecule has 2 N–H and O–H groups in total. The van der Waals surface area contributed by atoms with E-state index in [1.54, 1.807) is 0 Å². The molecule has 0 radical (unpaired) electrons. The molecule has 4 nitrogen and oxygen atoms in total. The Morgan fingerprint density at radius 1 is 1.41 bits per heavy atom. The lowest BCUT2D eigenvalue weighted by molar-refractivity contribution is -0.124. The molecule has 0 aromatic heterocycles. The first-order valence-electron chi connectivity index (χ1n) is 8.57. The lowest BCUT2D eigenvalue weighted by Crippen LogP contribution is -2.46. The molecule has 2 aliphatic heterocycles. The maximum atomic E-state index is 12.2. The van der Waals surface area contributed by atoms with Crippen LogP contribution in [0.25, 0.3) is 0 Å². The molecular weight excluding hydrogens is 274 g/mol. The van der Waals surface area contributed by atoms with Gasteiger partial charge < -0.3 is 10.6 Å². The Labute approximate surface area is 133 Å². The van der Waals surface area contributed by atoms with Crippen molar-refractivity contribution in [3.8, 4) is 0 Å². The lowest BCUT2D eigenvalue weighted by Gasteiger charge is -2.35. The topological polar surface area (TPSA) is 44.4 Å². The number of nitrogens with one attached hydrogen (secondary N) is 2. The molecule has 2 aliphatic rings. The number of fused-ring (bicyclic) bond motifs is 1. The van der Waals surface area contributed by atoms with Gasteiger partial charge in [0.25, 0.3) is 0 Å². The summed E-state index contributed by atoms with van der Waals surface area (Å²) in [5, 5.41) is 6.43. The normalized spacial score (nSPS) is 23.0. The lowest BCUT2D eigenvalue weighted by atomic mass is 9.98. The zero-order chi connectivity index (χ0) is 15.4. The van der Waals surface area contributed by atoms with Gasteiger partial charge in [-0.15, -0.1) is 0 Å². The molecule has 0 saturated carbocycles. The van der Waals surface area contributed by atoms with Crippen LogP contribution in [0.2, 0.25) is 0 Å². The highest BCUT2D eigenvalue weighted by molar-refractivity contribution is 5.79. The van der Waals surface area contributed by atoms with E-state index in [1.165, 1.54) is 11.1 Å². The van der Waals surface area contributed by atoms with Gasteiger partial charge >= 0.3 is 0 Å². The van der Waals surface area contributed by atoms with Gasteiger partial charge in [0.1, 0.15) is 0 Å². The quantitative estimate of drug-likeness (QED) is 0.867. The summed E-state index contributed by atoms with van der Waals surface area (Å²) in [5.74, 6) is 0.389. The standard InChI is InChI=1S/C18H27N3O/c1-2-17(12-20-18(22)15-7-9-19-11-15)21-10-8-14-5-3-4-6-16(14)13-21/h3-6,15,17,19H,2,7-13H2,1H3,(H,20,22). The first kappa shape index (κ1) is 15.5. The molecule has 1 saturated heterocycles. The van der Waals surface area contributed by atoms with Gasteiger partial charge in [-0.25, -0.2) is 0 Å². The monoisotopic (exact) mass is 301 g/mol. The van der Waals surface area contributed by atoms with Gasteiger partial charge in [-0.05, 0) is 36.9 Å². The van der Waals surface area contributed by atoms with Gasteiger partial charge in [0.15, 0.2) is 0 Å². The molecule has 22 heavy (non-hydrogen) atoms. The summed E-state index contributed by atoms with van der Waals surface area (Å²) in [6.07, 6.45) is 3.16. The van der Waals surface area contributed by atoms with Crippen molar-refractivity contribution in [2.24, 2.45) is 5.92 Å². The Balaban J connectivity index is 1.54. The predicted octanol–water partition coefficient (Wildman–Crippen LogP) is 1.55. The number of benzene rings is 1. The highest BCUT2D eigenvalue weighted by Gasteiger charge is 2.25. The van der Waals surface area contributed by atoms with Crippen molar-refractivity contribution in [2.75, 3.05) is 26.2 Å². The molecular formula is C18H27N3O. The summed E-state index contributed by atoms with van der Waals surface area (Å²) < 4.78 is 0. The number of carbonyl (C=O) groups is 1. The minimum Gasteiger partial charge on any atom is -0.354 e. The Kier molecular flexibility index (Phi) is 5.11. The van der Waals surface area contributed by atoms with E-state index in [0.717, 1.165) is 52.0 Å². The maximum absolute atomic E-state index is 12.2. The molecule has 1 aromatic rings.